The topological polar surface area (TPSA) is 40.6 Å². The van der Waals surface area contributed by atoms with Gasteiger partial charge < -0.3 is 9.80 Å². The minimum absolute atomic E-state index is 0.0277. The highest BCUT2D eigenvalue weighted by atomic mass is 16.2. The molecule has 1 fully saturated rings. The molecule has 0 spiro atoms. The first kappa shape index (κ1) is 10.0. The van der Waals surface area contributed by atoms with Crippen LogP contribution in [0.25, 0.3) is 0 Å². The molecule has 1 saturated heterocycles. The number of nitrogens with zero attached hydrogens (tertiary/aromatic N) is 2. The molecule has 4 nitrogen and oxygen atoms in total. The zero-order valence-electron chi connectivity index (χ0n) is 8.41. The van der Waals surface area contributed by atoms with Gasteiger partial charge >= 0.3 is 0 Å². The molecule has 0 bridgehead atoms. The largest absolute Gasteiger partial charge is 0.335 e. The van der Waals surface area contributed by atoms with Crippen molar-refractivity contribution in [1.29, 1.82) is 0 Å². The van der Waals surface area contributed by atoms with E-state index in [-0.39, 0.29) is 30.9 Å². The van der Waals surface area contributed by atoms with Crippen LogP contribution >= 0.6 is 0 Å². The van der Waals surface area contributed by atoms with Gasteiger partial charge in [-0.1, -0.05) is 6.92 Å². The molecule has 74 valence electrons. The highest BCUT2D eigenvalue weighted by Crippen LogP contribution is 2.09. The van der Waals surface area contributed by atoms with Gasteiger partial charge in [0.05, 0.1) is 6.54 Å². The van der Waals surface area contributed by atoms with E-state index in [0.29, 0.717) is 0 Å². The van der Waals surface area contributed by atoms with Crippen molar-refractivity contribution in [2.24, 2.45) is 0 Å². The van der Waals surface area contributed by atoms with E-state index >= 15 is 0 Å². The second-order valence-corrected chi connectivity index (χ2v) is 3.53. The van der Waals surface area contributed by atoms with Crippen molar-refractivity contribution in [2.75, 3.05) is 20.1 Å². The van der Waals surface area contributed by atoms with E-state index in [1.54, 1.807) is 11.9 Å². The molecule has 13 heavy (non-hydrogen) atoms. The first-order valence-corrected chi connectivity index (χ1v) is 4.59. The fourth-order valence-corrected chi connectivity index (χ4v) is 1.36. The van der Waals surface area contributed by atoms with Gasteiger partial charge in [-0.3, -0.25) is 9.59 Å². The van der Waals surface area contributed by atoms with Crippen LogP contribution < -0.4 is 0 Å². The number of piperazine rings is 1. The lowest BCUT2D eigenvalue weighted by molar-refractivity contribution is -0.150. The summed E-state index contributed by atoms with van der Waals surface area (Å²) in [6.45, 7) is 4.45. The average Bonchev–Trinajstić information content (AvgIpc) is 2.10. The lowest BCUT2D eigenvalue weighted by Gasteiger charge is -2.35. The van der Waals surface area contributed by atoms with Gasteiger partial charge in [0, 0.05) is 13.1 Å². The van der Waals surface area contributed by atoms with Gasteiger partial charge in [-0.05, 0) is 13.3 Å². The molecule has 0 saturated carbocycles. The Hall–Kier alpha value is -1.06. The Morgan fingerprint density at radius 2 is 1.92 bits per heavy atom. The van der Waals surface area contributed by atoms with Gasteiger partial charge in [-0.2, -0.15) is 0 Å². The lowest BCUT2D eigenvalue weighted by Crippen LogP contribution is -2.54. The van der Waals surface area contributed by atoms with E-state index in [0.717, 1.165) is 6.42 Å². The van der Waals surface area contributed by atoms with Crippen molar-refractivity contribution in [2.45, 2.75) is 26.3 Å². The monoisotopic (exact) mass is 184 g/mol. The normalized spacial score (nSPS) is 20.8. The van der Waals surface area contributed by atoms with Crippen LogP contribution in [0.1, 0.15) is 20.3 Å². The molecule has 0 aromatic heterocycles. The number of hydrogen-bond acceptors (Lipinski definition) is 2. The fraction of sp³-hybridized carbons (Fsp3) is 0.778. The Kier molecular flexibility index (Phi) is 2.90. The molecular weight excluding hydrogens is 168 g/mol. The van der Waals surface area contributed by atoms with E-state index in [1.807, 2.05) is 13.8 Å². The summed E-state index contributed by atoms with van der Waals surface area (Å²) in [5.41, 5.74) is 0. The summed E-state index contributed by atoms with van der Waals surface area (Å²) < 4.78 is 0. The van der Waals surface area contributed by atoms with Gasteiger partial charge in [-0.15, -0.1) is 0 Å². The van der Waals surface area contributed by atoms with Crippen molar-refractivity contribution in [3.05, 3.63) is 0 Å². The smallest absolute Gasteiger partial charge is 0.242 e. The predicted molar refractivity (Wildman–Crippen MR) is 49.1 cm³/mol. The number of carbonyl (C=O) groups excluding carboxylic acids is 2. The second kappa shape index (κ2) is 3.77. The molecule has 0 aliphatic carbocycles. The number of rotatable bonds is 2. The summed E-state index contributed by atoms with van der Waals surface area (Å²) in [7, 11) is 1.66. The SMILES string of the molecule is CCC(C)N1CC(=O)N(C)CC1=O. The summed E-state index contributed by atoms with van der Waals surface area (Å²) in [5, 5.41) is 0. The number of likely N-dealkylation sites (N-methyl/N-ethyl adjacent to an activating group) is 1. The van der Waals surface area contributed by atoms with E-state index in [4.69, 9.17) is 0 Å². The van der Waals surface area contributed by atoms with Crippen LogP contribution in [-0.2, 0) is 9.59 Å². The summed E-state index contributed by atoms with van der Waals surface area (Å²) in [6.07, 6.45) is 0.892. The Labute approximate surface area is 78.5 Å². The summed E-state index contributed by atoms with van der Waals surface area (Å²) in [5.74, 6) is 0.0800. The molecular formula is C9H16N2O2. The zero-order valence-corrected chi connectivity index (χ0v) is 8.41. The third-order valence-electron chi connectivity index (χ3n) is 2.55. The van der Waals surface area contributed by atoms with Crippen molar-refractivity contribution >= 4 is 11.8 Å². The number of amides is 2. The molecule has 1 atom stereocenters. The average molecular weight is 184 g/mol. The van der Waals surface area contributed by atoms with Gasteiger partial charge in [0.2, 0.25) is 11.8 Å². The molecule has 0 N–H and O–H groups in total. The molecule has 1 aliphatic rings. The standard InChI is InChI=1S/C9H16N2O2/c1-4-7(2)11-6-8(12)10(3)5-9(11)13/h7H,4-6H2,1-3H3. The van der Waals surface area contributed by atoms with Crippen molar-refractivity contribution in [1.82, 2.24) is 9.80 Å². The first-order chi connectivity index (χ1) is 6.06. The third kappa shape index (κ3) is 1.99. The molecule has 4 heteroatoms. The van der Waals surface area contributed by atoms with Crippen LogP contribution in [0.5, 0.6) is 0 Å². The third-order valence-corrected chi connectivity index (χ3v) is 2.55. The second-order valence-electron chi connectivity index (χ2n) is 3.53. The minimum Gasteiger partial charge on any atom is -0.335 e. The van der Waals surface area contributed by atoms with Crippen molar-refractivity contribution in [3.63, 3.8) is 0 Å². The number of carbonyl (C=O) groups is 2. The maximum Gasteiger partial charge on any atom is 0.242 e. The van der Waals surface area contributed by atoms with Gasteiger partial charge in [0.15, 0.2) is 0 Å². The molecule has 0 aromatic rings. The summed E-state index contributed by atoms with van der Waals surface area (Å²) in [6, 6.07) is 0.171. The first-order valence-electron chi connectivity index (χ1n) is 4.59. The highest BCUT2D eigenvalue weighted by Gasteiger charge is 2.29. The van der Waals surface area contributed by atoms with Crippen LogP contribution in [0.2, 0.25) is 0 Å². The van der Waals surface area contributed by atoms with Crippen LogP contribution in [0.3, 0.4) is 0 Å². The van der Waals surface area contributed by atoms with Crippen molar-refractivity contribution < 1.29 is 9.59 Å². The van der Waals surface area contributed by atoms with Crippen LogP contribution in [-0.4, -0.2) is 47.8 Å². The summed E-state index contributed by atoms with van der Waals surface area (Å²) >= 11 is 0. The molecule has 1 heterocycles. The van der Waals surface area contributed by atoms with E-state index in [1.165, 1.54) is 4.90 Å². The van der Waals surface area contributed by atoms with Crippen LogP contribution in [0.4, 0.5) is 0 Å². The Bertz CT molecular complexity index is 228. The lowest BCUT2D eigenvalue weighted by atomic mass is 10.2. The van der Waals surface area contributed by atoms with Gasteiger partial charge in [0.1, 0.15) is 6.54 Å². The number of hydrogen-bond donors (Lipinski definition) is 0. The molecule has 0 aromatic carbocycles. The molecule has 1 unspecified atom stereocenters. The van der Waals surface area contributed by atoms with Crippen molar-refractivity contribution in [3.8, 4) is 0 Å². The zero-order chi connectivity index (χ0) is 10.0. The Morgan fingerprint density at radius 1 is 1.31 bits per heavy atom. The van der Waals surface area contributed by atoms with E-state index < -0.39 is 0 Å². The van der Waals surface area contributed by atoms with E-state index in [2.05, 4.69) is 0 Å². The maximum absolute atomic E-state index is 11.5. The maximum atomic E-state index is 11.5. The fourth-order valence-electron chi connectivity index (χ4n) is 1.36. The molecule has 1 rings (SSSR count). The van der Waals surface area contributed by atoms with E-state index in [9.17, 15) is 9.59 Å². The Balaban J connectivity index is 2.66. The Morgan fingerprint density at radius 3 is 2.46 bits per heavy atom. The molecule has 0 radical (unpaired) electrons. The quantitative estimate of drug-likeness (QED) is 0.610. The molecule has 2 amide bonds. The van der Waals surface area contributed by atoms with Crippen LogP contribution in [0.15, 0.2) is 0 Å². The minimum atomic E-state index is 0.0277. The molecule has 1 aliphatic heterocycles. The van der Waals surface area contributed by atoms with Gasteiger partial charge in [0.25, 0.3) is 0 Å². The van der Waals surface area contributed by atoms with Gasteiger partial charge in [-0.25, -0.2) is 0 Å². The summed E-state index contributed by atoms with van der Waals surface area (Å²) in [4.78, 5) is 25.9. The predicted octanol–water partition coefficient (Wildman–Crippen LogP) is 0.0855. The highest BCUT2D eigenvalue weighted by molar-refractivity contribution is 5.92. The van der Waals surface area contributed by atoms with Crippen LogP contribution in [0, 0.1) is 0 Å².